The van der Waals surface area contributed by atoms with Crippen LogP contribution in [0, 0.1) is 6.92 Å². The predicted octanol–water partition coefficient (Wildman–Crippen LogP) is 3.63. The summed E-state index contributed by atoms with van der Waals surface area (Å²) >= 11 is 0. The van der Waals surface area contributed by atoms with Crippen molar-refractivity contribution < 1.29 is 0 Å². The third kappa shape index (κ3) is 3.40. The Labute approximate surface area is 124 Å². The number of aromatic nitrogens is 3. The molecule has 0 bridgehead atoms. The Balaban J connectivity index is 1.57. The number of hydrogen-bond donors (Lipinski definition) is 1. The van der Waals surface area contributed by atoms with Gasteiger partial charge in [-0.3, -0.25) is 4.98 Å². The van der Waals surface area contributed by atoms with Gasteiger partial charge in [-0.25, -0.2) is 4.98 Å². The predicted molar refractivity (Wildman–Crippen MR) is 86.4 cm³/mol. The quantitative estimate of drug-likeness (QED) is 0.701. The van der Waals surface area contributed by atoms with Gasteiger partial charge in [-0.1, -0.05) is 18.2 Å². The number of hydrogen-bond acceptors (Lipinski definition) is 3. The molecule has 108 valence electrons. The van der Waals surface area contributed by atoms with Crippen LogP contribution in [0.15, 0.2) is 49.1 Å². The molecule has 0 aliphatic carbocycles. The summed E-state index contributed by atoms with van der Waals surface area (Å²) in [7, 11) is 0. The van der Waals surface area contributed by atoms with E-state index >= 15 is 0 Å². The highest BCUT2D eigenvalue weighted by Crippen LogP contribution is 2.22. The molecule has 0 radical (unpaired) electrons. The van der Waals surface area contributed by atoms with E-state index in [0.717, 1.165) is 37.1 Å². The van der Waals surface area contributed by atoms with Gasteiger partial charge in [-0.05, 0) is 31.9 Å². The topological polar surface area (TPSA) is 42.7 Å². The molecule has 0 unspecified atom stereocenters. The zero-order valence-corrected chi connectivity index (χ0v) is 12.3. The van der Waals surface area contributed by atoms with Gasteiger partial charge in [0.05, 0.1) is 11.8 Å². The van der Waals surface area contributed by atoms with Crippen LogP contribution in [0.25, 0.3) is 10.9 Å². The molecular weight excluding hydrogens is 260 g/mol. The molecule has 0 atom stereocenters. The number of fused-ring (bicyclic) bond motifs is 1. The molecule has 0 aliphatic heterocycles. The summed E-state index contributed by atoms with van der Waals surface area (Å²) in [6, 6.07) is 10.4. The monoisotopic (exact) mass is 280 g/mol. The number of rotatable bonds is 6. The third-order valence-electron chi connectivity index (χ3n) is 3.56. The lowest BCUT2D eigenvalue weighted by Gasteiger charge is -2.10. The first-order valence-electron chi connectivity index (χ1n) is 7.39. The number of unbranched alkanes of at least 4 members (excludes halogenated alkanes) is 1. The van der Waals surface area contributed by atoms with Crippen LogP contribution >= 0.6 is 0 Å². The van der Waals surface area contributed by atoms with Gasteiger partial charge in [0.15, 0.2) is 0 Å². The van der Waals surface area contributed by atoms with Crippen LogP contribution in [0.4, 0.5) is 5.69 Å². The van der Waals surface area contributed by atoms with Gasteiger partial charge < -0.3 is 9.88 Å². The highest BCUT2D eigenvalue weighted by Gasteiger charge is 2.02. The van der Waals surface area contributed by atoms with Crippen molar-refractivity contribution in [2.75, 3.05) is 11.9 Å². The van der Waals surface area contributed by atoms with Crippen LogP contribution in [-0.4, -0.2) is 21.1 Å². The van der Waals surface area contributed by atoms with Crippen LogP contribution in [0.3, 0.4) is 0 Å². The summed E-state index contributed by atoms with van der Waals surface area (Å²) in [6.45, 7) is 4.04. The number of pyridine rings is 1. The molecule has 21 heavy (non-hydrogen) atoms. The summed E-state index contributed by atoms with van der Waals surface area (Å²) < 4.78 is 2.12. The summed E-state index contributed by atoms with van der Waals surface area (Å²) in [6.07, 6.45) is 7.98. The van der Waals surface area contributed by atoms with E-state index in [1.54, 1.807) is 0 Å². The lowest BCUT2D eigenvalue weighted by Crippen LogP contribution is -2.05. The molecule has 1 N–H and O–H groups in total. The average Bonchev–Trinajstić information content (AvgIpc) is 3.00. The van der Waals surface area contributed by atoms with Crippen LogP contribution in [0.5, 0.6) is 0 Å². The van der Waals surface area contributed by atoms with Crippen molar-refractivity contribution in [1.29, 1.82) is 0 Å². The molecule has 4 heteroatoms. The minimum atomic E-state index is 0.974. The van der Waals surface area contributed by atoms with Gasteiger partial charge >= 0.3 is 0 Å². The molecule has 4 nitrogen and oxygen atoms in total. The molecule has 3 rings (SSSR count). The summed E-state index contributed by atoms with van der Waals surface area (Å²) in [4.78, 5) is 8.62. The molecule has 0 aliphatic rings. The van der Waals surface area contributed by atoms with Gasteiger partial charge in [-0.15, -0.1) is 0 Å². The Bertz CT molecular complexity index is 704. The van der Waals surface area contributed by atoms with E-state index in [9.17, 15) is 0 Å². The van der Waals surface area contributed by atoms with Crippen LogP contribution in [0.2, 0.25) is 0 Å². The lowest BCUT2D eigenvalue weighted by molar-refractivity contribution is 0.621. The lowest BCUT2D eigenvalue weighted by atomic mass is 10.1. The van der Waals surface area contributed by atoms with E-state index in [1.807, 2.05) is 31.7 Å². The van der Waals surface area contributed by atoms with Crippen molar-refractivity contribution in [3.8, 4) is 0 Å². The number of para-hydroxylation sites is 1. The fourth-order valence-corrected chi connectivity index (χ4v) is 2.52. The largest absolute Gasteiger partial charge is 0.384 e. The van der Waals surface area contributed by atoms with Gasteiger partial charge in [0.25, 0.3) is 0 Å². The van der Waals surface area contributed by atoms with E-state index in [-0.39, 0.29) is 0 Å². The molecule has 1 aromatic carbocycles. The number of aryl methyl sites for hydroxylation is 2. The Morgan fingerprint density at radius 2 is 2.10 bits per heavy atom. The normalized spacial score (nSPS) is 10.9. The number of nitrogens with one attached hydrogen (secondary N) is 1. The van der Waals surface area contributed by atoms with Crippen molar-refractivity contribution in [2.24, 2.45) is 0 Å². The van der Waals surface area contributed by atoms with Gasteiger partial charge in [0.1, 0.15) is 0 Å². The number of nitrogens with zero attached hydrogens (tertiary/aromatic N) is 3. The zero-order chi connectivity index (χ0) is 14.5. The minimum absolute atomic E-state index is 0.974. The number of anilines is 1. The van der Waals surface area contributed by atoms with Crippen molar-refractivity contribution in [2.45, 2.75) is 26.3 Å². The van der Waals surface area contributed by atoms with Crippen molar-refractivity contribution in [3.63, 3.8) is 0 Å². The Hall–Kier alpha value is -2.36. The van der Waals surface area contributed by atoms with E-state index in [1.165, 1.54) is 11.1 Å². The minimum Gasteiger partial charge on any atom is -0.384 e. The van der Waals surface area contributed by atoms with Crippen molar-refractivity contribution >= 4 is 16.6 Å². The fraction of sp³-hybridized carbons (Fsp3) is 0.294. The maximum absolute atomic E-state index is 4.56. The maximum atomic E-state index is 4.56. The molecule has 0 fully saturated rings. The molecule has 2 heterocycles. The highest BCUT2D eigenvalue weighted by atomic mass is 15.0. The van der Waals surface area contributed by atoms with Gasteiger partial charge in [-0.2, -0.15) is 0 Å². The first-order valence-corrected chi connectivity index (χ1v) is 7.39. The molecular formula is C17H20N4. The van der Waals surface area contributed by atoms with E-state index < -0.39 is 0 Å². The fourth-order valence-electron chi connectivity index (χ4n) is 2.52. The Morgan fingerprint density at radius 3 is 2.95 bits per heavy atom. The Kier molecular flexibility index (Phi) is 4.15. The second kappa shape index (κ2) is 6.39. The number of benzene rings is 1. The molecule has 0 saturated heterocycles. The maximum Gasteiger partial charge on any atom is 0.0945 e. The van der Waals surface area contributed by atoms with Crippen LogP contribution < -0.4 is 5.32 Å². The standard InChI is InChI=1S/C17H20N4/c1-14-12-17(15-6-2-3-7-16(15)20-14)19-8-4-5-10-21-11-9-18-13-21/h2-3,6-7,9,11-13H,4-5,8,10H2,1H3,(H,19,20). The SMILES string of the molecule is Cc1cc(NCCCCn2ccnc2)c2ccccc2n1. The molecule has 3 aromatic rings. The average molecular weight is 280 g/mol. The van der Waals surface area contributed by atoms with Gasteiger partial charge in [0.2, 0.25) is 0 Å². The van der Waals surface area contributed by atoms with Crippen molar-refractivity contribution in [1.82, 2.24) is 14.5 Å². The van der Waals surface area contributed by atoms with Gasteiger partial charge in [0, 0.05) is 42.3 Å². The summed E-state index contributed by atoms with van der Waals surface area (Å²) in [5.74, 6) is 0. The third-order valence-corrected chi connectivity index (χ3v) is 3.56. The Morgan fingerprint density at radius 1 is 1.19 bits per heavy atom. The second-order valence-corrected chi connectivity index (χ2v) is 5.26. The van der Waals surface area contributed by atoms with E-state index in [0.29, 0.717) is 0 Å². The first kappa shape index (κ1) is 13.6. The summed E-state index contributed by atoms with van der Waals surface area (Å²) in [5.41, 5.74) is 3.29. The zero-order valence-electron chi connectivity index (χ0n) is 12.3. The molecule has 0 amide bonds. The van der Waals surface area contributed by atoms with Crippen LogP contribution in [-0.2, 0) is 6.54 Å². The smallest absolute Gasteiger partial charge is 0.0945 e. The van der Waals surface area contributed by atoms with E-state index in [4.69, 9.17) is 0 Å². The van der Waals surface area contributed by atoms with E-state index in [2.05, 4.69) is 44.1 Å². The second-order valence-electron chi connectivity index (χ2n) is 5.26. The molecule has 0 spiro atoms. The highest BCUT2D eigenvalue weighted by molar-refractivity contribution is 5.91. The molecule has 2 aromatic heterocycles. The van der Waals surface area contributed by atoms with Crippen molar-refractivity contribution in [3.05, 3.63) is 54.7 Å². The van der Waals surface area contributed by atoms with Crippen LogP contribution in [0.1, 0.15) is 18.5 Å². The molecule has 0 saturated carbocycles. The number of imidazole rings is 1. The summed E-state index contributed by atoms with van der Waals surface area (Å²) in [5, 5.41) is 4.74. The first-order chi connectivity index (χ1) is 10.3.